The van der Waals surface area contributed by atoms with Gasteiger partial charge in [0, 0.05) is 31.5 Å². The highest BCUT2D eigenvalue weighted by atomic mass is 16.1. The van der Waals surface area contributed by atoms with Gasteiger partial charge in [0.1, 0.15) is 0 Å². The second kappa shape index (κ2) is 4.87. The highest BCUT2D eigenvalue weighted by Gasteiger charge is 2.12. The lowest BCUT2D eigenvalue weighted by atomic mass is 10.1. The second-order valence-electron chi connectivity index (χ2n) is 4.22. The Morgan fingerprint density at radius 2 is 1.67 bits per heavy atom. The van der Waals surface area contributed by atoms with Crippen LogP contribution in [0.2, 0.25) is 0 Å². The number of anilines is 2. The van der Waals surface area contributed by atoms with Crippen molar-refractivity contribution < 1.29 is 9.59 Å². The van der Waals surface area contributed by atoms with Gasteiger partial charge >= 0.3 is 0 Å². The van der Waals surface area contributed by atoms with E-state index in [1.54, 1.807) is 0 Å². The van der Waals surface area contributed by atoms with Crippen molar-refractivity contribution in [3.63, 3.8) is 0 Å². The largest absolute Gasteiger partial charge is 0.378 e. The van der Waals surface area contributed by atoms with E-state index in [2.05, 4.69) is 5.32 Å². The molecule has 0 radical (unpaired) electrons. The maximum absolute atomic E-state index is 11.5. The molecule has 1 N–H and O–H groups in total. The molecule has 0 unspecified atom stereocenters. The molecule has 2 rings (SSSR count). The van der Waals surface area contributed by atoms with Crippen LogP contribution < -0.4 is 10.2 Å². The van der Waals surface area contributed by atoms with Gasteiger partial charge in [-0.3, -0.25) is 9.59 Å². The lowest BCUT2D eigenvalue weighted by Gasteiger charge is -2.14. The third-order valence-corrected chi connectivity index (χ3v) is 2.61. The van der Waals surface area contributed by atoms with E-state index in [1.165, 1.54) is 18.2 Å². The zero-order chi connectivity index (χ0) is 13.1. The fourth-order valence-corrected chi connectivity index (χ4v) is 1.61. The highest BCUT2D eigenvalue weighted by Crippen LogP contribution is 2.18. The standard InChI is InChI=1S/C14H14N2O2/c1-16(2)11-5-3-10(4-6-11)15-13-9-12(17)7-8-14(13)18/h3-9,15H,1-2H3. The van der Waals surface area contributed by atoms with Crippen LogP contribution in [0.3, 0.4) is 0 Å². The maximum Gasteiger partial charge on any atom is 0.202 e. The Bertz CT molecular complexity index is 539. The minimum absolute atomic E-state index is 0.179. The molecule has 1 aromatic carbocycles. The Kier molecular flexibility index (Phi) is 3.28. The van der Waals surface area contributed by atoms with Crippen molar-refractivity contribution in [3.8, 4) is 0 Å². The van der Waals surface area contributed by atoms with E-state index >= 15 is 0 Å². The first-order chi connectivity index (χ1) is 8.56. The number of hydrogen-bond donors (Lipinski definition) is 1. The molecule has 0 fully saturated rings. The lowest BCUT2D eigenvalue weighted by Crippen LogP contribution is -2.15. The molecule has 0 aliphatic heterocycles. The van der Waals surface area contributed by atoms with Crippen LogP contribution in [0.5, 0.6) is 0 Å². The summed E-state index contributed by atoms with van der Waals surface area (Å²) in [5.74, 6) is -0.367. The summed E-state index contributed by atoms with van der Waals surface area (Å²) >= 11 is 0. The molecule has 0 atom stereocenters. The summed E-state index contributed by atoms with van der Waals surface area (Å²) < 4.78 is 0. The quantitative estimate of drug-likeness (QED) is 0.820. The molecule has 18 heavy (non-hydrogen) atoms. The third-order valence-electron chi connectivity index (χ3n) is 2.61. The van der Waals surface area contributed by atoms with Gasteiger partial charge in [0.25, 0.3) is 0 Å². The van der Waals surface area contributed by atoms with Crippen molar-refractivity contribution in [2.24, 2.45) is 0 Å². The number of hydrogen-bond acceptors (Lipinski definition) is 4. The molecule has 1 aliphatic carbocycles. The first kappa shape index (κ1) is 12.1. The number of allylic oxidation sites excluding steroid dienone is 3. The number of rotatable bonds is 3. The number of nitrogens with one attached hydrogen (secondary N) is 1. The zero-order valence-electron chi connectivity index (χ0n) is 10.3. The zero-order valence-corrected chi connectivity index (χ0v) is 10.3. The minimum Gasteiger partial charge on any atom is -0.378 e. The Hall–Kier alpha value is -2.36. The Balaban J connectivity index is 2.14. The van der Waals surface area contributed by atoms with E-state index in [9.17, 15) is 9.59 Å². The summed E-state index contributed by atoms with van der Waals surface area (Å²) in [5.41, 5.74) is 2.16. The van der Waals surface area contributed by atoms with Crippen molar-refractivity contribution >= 4 is 22.9 Å². The Labute approximate surface area is 106 Å². The van der Waals surface area contributed by atoms with Crippen molar-refractivity contribution in [3.05, 3.63) is 48.2 Å². The van der Waals surface area contributed by atoms with Gasteiger partial charge < -0.3 is 10.2 Å². The van der Waals surface area contributed by atoms with E-state index in [0.717, 1.165) is 11.4 Å². The average molecular weight is 242 g/mol. The predicted octanol–water partition coefficient (Wildman–Crippen LogP) is 1.76. The molecule has 4 nitrogen and oxygen atoms in total. The predicted molar refractivity (Wildman–Crippen MR) is 71.6 cm³/mol. The summed E-state index contributed by atoms with van der Waals surface area (Å²) in [7, 11) is 3.91. The van der Waals surface area contributed by atoms with Crippen LogP contribution in [0.15, 0.2) is 48.2 Å². The monoisotopic (exact) mass is 242 g/mol. The van der Waals surface area contributed by atoms with Crippen LogP contribution in [-0.4, -0.2) is 25.7 Å². The summed E-state index contributed by atoms with van der Waals surface area (Å²) in [5, 5.41) is 2.95. The number of ketones is 2. The summed E-state index contributed by atoms with van der Waals surface area (Å²) in [6, 6.07) is 7.61. The molecule has 0 aromatic heterocycles. The van der Waals surface area contributed by atoms with Crippen molar-refractivity contribution in [2.45, 2.75) is 0 Å². The van der Waals surface area contributed by atoms with Crippen LogP contribution in [0, 0.1) is 0 Å². The molecule has 0 heterocycles. The van der Waals surface area contributed by atoms with Gasteiger partial charge in [0.2, 0.25) is 5.78 Å². The number of carbonyl (C=O) groups is 2. The minimum atomic E-state index is -0.189. The van der Waals surface area contributed by atoms with Gasteiger partial charge in [-0.05, 0) is 36.4 Å². The second-order valence-corrected chi connectivity index (χ2v) is 4.22. The number of benzene rings is 1. The van der Waals surface area contributed by atoms with Gasteiger partial charge in [0.05, 0.1) is 5.70 Å². The summed E-state index contributed by atoms with van der Waals surface area (Å²) in [4.78, 5) is 24.7. The molecular formula is C14H14N2O2. The molecular weight excluding hydrogens is 228 g/mol. The van der Waals surface area contributed by atoms with Crippen LogP contribution in [-0.2, 0) is 9.59 Å². The van der Waals surface area contributed by atoms with E-state index in [1.807, 2.05) is 43.3 Å². The van der Waals surface area contributed by atoms with E-state index in [4.69, 9.17) is 0 Å². The van der Waals surface area contributed by atoms with E-state index < -0.39 is 0 Å². The Morgan fingerprint density at radius 3 is 2.28 bits per heavy atom. The maximum atomic E-state index is 11.5. The lowest BCUT2D eigenvalue weighted by molar-refractivity contribution is -0.114. The van der Waals surface area contributed by atoms with E-state index in [-0.39, 0.29) is 11.6 Å². The van der Waals surface area contributed by atoms with Gasteiger partial charge in [-0.1, -0.05) is 0 Å². The fourth-order valence-electron chi connectivity index (χ4n) is 1.61. The highest BCUT2D eigenvalue weighted by molar-refractivity contribution is 6.18. The number of nitrogens with zero attached hydrogens (tertiary/aromatic N) is 1. The van der Waals surface area contributed by atoms with Gasteiger partial charge in [-0.2, -0.15) is 0 Å². The third kappa shape index (κ3) is 2.66. The topological polar surface area (TPSA) is 49.4 Å². The first-order valence-corrected chi connectivity index (χ1v) is 5.59. The van der Waals surface area contributed by atoms with Crippen molar-refractivity contribution in [1.29, 1.82) is 0 Å². The van der Waals surface area contributed by atoms with Gasteiger partial charge in [-0.15, -0.1) is 0 Å². The molecule has 1 aliphatic rings. The molecule has 4 heteroatoms. The molecule has 0 saturated carbocycles. The fraction of sp³-hybridized carbons (Fsp3) is 0.143. The molecule has 0 saturated heterocycles. The van der Waals surface area contributed by atoms with Crippen LogP contribution in [0.1, 0.15) is 0 Å². The summed E-state index contributed by atoms with van der Waals surface area (Å²) in [6.07, 6.45) is 3.85. The van der Waals surface area contributed by atoms with E-state index in [0.29, 0.717) is 5.70 Å². The smallest absolute Gasteiger partial charge is 0.202 e. The van der Waals surface area contributed by atoms with Gasteiger partial charge in [0.15, 0.2) is 5.78 Å². The van der Waals surface area contributed by atoms with Crippen LogP contribution >= 0.6 is 0 Å². The molecule has 0 amide bonds. The molecule has 1 aromatic rings. The number of carbonyl (C=O) groups excluding carboxylic acids is 2. The van der Waals surface area contributed by atoms with Crippen LogP contribution in [0.25, 0.3) is 0 Å². The van der Waals surface area contributed by atoms with Crippen molar-refractivity contribution in [2.75, 3.05) is 24.3 Å². The molecule has 92 valence electrons. The van der Waals surface area contributed by atoms with Gasteiger partial charge in [-0.25, -0.2) is 0 Å². The van der Waals surface area contributed by atoms with Crippen molar-refractivity contribution in [1.82, 2.24) is 0 Å². The average Bonchev–Trinajstić information content (AvgIpc) is 2.34. The normalized spacial score (nSPS) is 14.4. The molecule has 0 spiro atoms. The first-order valence-electron chi connectivity index (χ1n) is 5.59. The molecule has 0 bridgehead atoms. The summed E-state index contributed by atoms with van der Waals surface area (Å²) in [6.45, 7) is 0. The SMILES string of the molecule is CN(C)c1ccc(NC2=CC(=O)C=CC2=O)cc1. The van der Waals surface area contributed by atoms with Crippen LogP contribution in [0.4, 0.5) is 11.4 Å². The Morgan fingerprint density at radius 1 is 1.00 bits per heavy atom.